The fraction of sp³-hybridized carbons (Fsp3) is 0.409. The summed E-state index contributed by atoms with van der Waals surface area (Å²) in [5, 5.41) is 0. The molecule has 1 atom stereocenters. The number of carbonyl (C=O) groups is 1. The molecule has 1 N–H and O–H groups in total. The summed E-state index contributed by atoms with van der Waals surface area (Å²) in [6.07, 6.45) is 1.83. The molecule has 2 aromatic rings. The van der Waals surface area contributed by atoms with Crippen molar-refractivity contribution in [3.63, 3.8) is 0 Å². The van der Waals surface area contributed by atoms with Crippen molar-refractivity contribution in [1.82, 2.24) is 9.62 Å². The highest BCUT2D eigenvalue weighted by atomic mass is 32.2. The van der Waals surface area contributed by atoms with Crippen molar-refractivity contribution in [2.45, 2.75) is 30.7 Å². The van der Waals surface area contributed by atoms with Gasteiger partial charge in [-0.05, 0) is 61.7 Å². The van der Waals surface area contributed by atoms with Crippen molar-refractivity contribution in [2.75, 3.05) is 33.4 Å². The van der Waals surface area contributed by atoms with E-state index in [-0.39, 0.29) is 30.0 Å². The van der Waals surface area contributed by atoms with Crippen LogP contribution in [0.3, 0.4) is 0 Å². The zero-order chi connectivity index (χ0) is 21.6. The minimum atomic E-state index is -3.62. The molecular weight excluding hydrogens is 404 g/mol. The molecule has 162 valence electrons. The summed E-state index contributed by atoms with van der Waals surface area (Å²) in [6, 6.07) is 13.9. The van der Waals surface area contributed by atoms with Gasteiger partial charge in [-0.3, -0.25) is 4.79 Å². The lowest BCUT2D eigenvalue weighted by atomic mass is 10.0. The highest BCUT2D eigenvalue weighted by Crippen LogP contribution is 2.34. The number of carbonyl (C=O) groups excluding carboxylic acids is 1. The molecule has 1 heterocycles. The Morgan fingerprint density at radius 2 is 1.83 bits per heavy atom. The molecule has 1 aliphatic heterocycles. The van der Waals surface area contributed by atoms with E-state index in [2.05, 4.69) is 4.72 Å². The van der Waals surface area contributed by atoms with E-state index >= 15 is 0 Å². The van der Waals surface area contributed by atoms with Crippen LogP contribution in [0.5, 0.6) is 5.75 Å². The zero-order valence-electron chi connectivity index (χ0n) is 17.3. The molecule has 0 bridgehead atoms. The number of benzene rings is 2. The van der Waals surface area contributed by atoms with Crippen LogP contribution in [0.2, 0.25) is 0 Å². The predicted molar refractivity (Wildman–Crippen MR) is 114 cm³/mol. The summed E-state index contributed by atoms with van der Waals surface area (Å²) in [6.45, 7) is 3.71. The van der Waals surface area contributed by atoms with Gasteiger partial charge in [0.25, 0.3) is 5.91 Å². The average molecular weight is 433 g/mol. The molecule has 30 heavy (non-hydrogen) atoms. The van der Waals surface area contributed by atoms with E-state index in [1.165, 1.54) is 19.2 Å². The van der Waals surface area contributed by atoms with Crippen LogP contribution in [0.4, 0.5) is 0 Å². The number of methoxy groups -OCH3 is 1. The maximum absolute atomic E-state index is 13.1. The highest BCUT2D eigenvalue weighted by Gasteiger charge is 2.30. The molecule has 1 saturated heterocycles. The second-order valence-electron chi connectivity index (χ2n) is 7.07. The van der Waals surface area contributed by atoms with E-state index < -0.39 is 10.0 Å². The lowest BCUT2D eigenvalue weighted by molar-refractivity contribution is 0.0735. The Kier molecular flexibility index (Phi) is 7.47. The first-order valence-electron chi connectivity index (χ1n) is 10.1. The Balaban J connectivity index is 1.72. The quantitative estimate of drug-likeness (QED) is 0.616. The lowest BCUT2D eigenvalue weighted by Crippen LogP contribution is -2.30. The zero-order valence-corrected chi connectivity index (χ0v) is 18.2. The smallest absolute Gasteiger partial charge is 0.254 e. The minimum absolute atomic E-state index is 0.00676. The number of amides is 1. The first-order valence-corrected chi connectivity index (χ1v) is 11.6. The molecule has 0 unspecified atom stereocenters. The molecular formula is C22H28N2O5S. The molecule has 0 saturated carbocycles. The Morgan fingerprint density at radius 1 is 1.13 bits per heavy atom. The number of hydrogen-bond donors (Lipinski definition) is 1. The van der Waals surface area contributed by atoms with Crippen LogP contribution in [0.15, 0.2) is 53.4 Å². The number of likely N-dealkylation sites (tertiary alicyclic amines) is 1. The van der Waals surface area contributed by atoms with Gasteiger partial charge in [0.15, 0.2) is 0 Å². The fourth-order valence-electron chi connectivity index (χ4n) is 3.61. The summed E-state index contributed by atoms with van der Waals surface area (Å²) in [5.74, 6) is 0.718. The summed E-state index contributed by atoms with van der Waals surface area (Å²) in [5.41, 5.74) is 1.55. The van der Waals surface area contributed by atoms with Crippen molar-refractivity contribution < 1.29 is 22.7 Å². The van der Waals surface area contributed by atoms with E-state index in [0.717, 1.165) is 24.2 Å². The third-order valence-corrected chi connectivity index (χ3v) is 6.58. The summed E-state index contributed by atoms with van der Waals surface area (Å²) in [4.78, 5) is 15.1. The number of nitrogens with one attached hydrogen (secondary N) is 1. The summed E-state index contributed by atoms with van der Waals surface area (Å²) in [7, 11) is -2.12. The highest BCUT2D eigenvalue weighted by molar-refractivity contribution is 7.89. The second kappa shape index (κ2) is 10.1. The Labute approximate surface area is 178 Å². The van der Waals surface area contributed by atoms with Gasteiger partial charge < -0.3 is 14.4 Å². The SMILES string of the molecule is CCOc1ccc([C@H]2CCCN2C(=O)c2ccc(S(=O)(=O)NCCOC)cc2)cc1. The van der Waals surface area contributed by atoms with Crippen molar-refractivity contribution in [3.05, 3.63) is 59.7 Å². The molecule has 0 spiro atoms. The number of nitrogens with zero attached hydrogens (tertiary/aromatic N) is 1. The van der Waals surface area contributed by atoms with Gasteiger partial charge >= 0.3 is 0 Å². The second-order valence-corrected chi connectivity index (χ2v) is 8.84. The molecule has 1 aliphatic rings. The van der Waals surface area contributed by atoms with Crippen LogP contribution in [0.25, 0.3) is 0 Å². The van der Waals surface area contributed by atoms with Gasteiger partial charge in [-0.15, -0.1) is 0 Å². The molecule has 1 fully saturated rings. The third-order valence-electron chi connectivity index (χ3n) is 5.10. The summed E-state index contributed by atoms with van der Waals surface area (Å²) >= 11 is 0. The fourth-order valence-corrected chi connectivity index (χ4v) is 4.63. The Morgan fingerprint density at radius 3 is 2.47 bits per heavy atom. The minimum Gasteiger partial charge on any atom is -0.494 e. The standard InChI is InChI=1S/C22H28N2O5S/c1-3-29-19-10-6-17(7-11-19)21-5-4-15-24(21)22(25)18-8-12-20(13-9-18)30(26,27)23-14-16-28-2/h6-13,21,23H,3-5,14-16H2,1-2H3/t21-/m1/s1. The van der Waals surface area contributed by atoms with Gasteiger partial charge in [0.2, 0.25) is 10.0 Å². The average Bonchev–Trinajstić information content (AvgIpc) is 3.24. The topological polar surface area (TPSA) is 84.9 Å². The summed E-state index contributed by atoms with van der Waals surface area (Å²) < 4.78 is 37.4. The molecule has 0 aliphatic carbocycles. The predicted octanol–water partition coefficient (Wildman–Crippen LogP) is 2.99. The lowest BCUT2D eigenvalue weighted by Gasteiger charge is -2.25. The van der Waals surface area contributed by atoms with Crippen LogP contribution >= 0.6 is 0 Å². The van der Waals surface area contributed by atoms with E-state index in [1.807, 2.05) is 36.1 Å². The van der Waals surface area contributed by atoms with Crippen molar-refractivity contribution in [3.8, 4) is 5.75 Å². The van der Waals surface area contributed by atoms with Crippen LogP contribution in [-0.4, -0.2) is 52.6 Å². The maximum Gasteiger partial charge on any atom is 0.254 e. The van der Waals surface area contributed by atoms with Crippen LogP contribution in [0, 0.1) is 0 Å². The van der Waals surface area contributed by atoms with Gasteiger partial charge in [0, 0.05) is 25.8 Å². The van der Waals surface area contributed by atoms with E-state index in [9.17, 15) is 13.2 Å². The molecule has 8 heteroatoms. The number of hydrogen-bond acceptors (Lipinski definition) is 5. The van der Waals surface area contributed by atoms with Crippen LogP contribution < -0.4 is 9.46 Å². The van der Waals surface area contributed by atoms with Gasteiger partial charge in [-0.2, -0.15) is 0 Å². The van der Waals surface area contributed by atoms with Crippen molar-refractivity contribution in [2.24, 2.45) is 0 Å². The Hall–Kier alpha value is -2.42. The van der Waals surface area contributed by atoms with E-state index in [4.69, 9.17) is 9.47 Å². The number of rotatable bonds is 9. The first-order chi connectivity index (χ1) is 14.5. The monoisotopic (exact) mass is 432 g/mol. The van der Waals surface area contributed by atoms with Gasteiger partial charge in [0.1, 0.15) is 5.75 Å². The van der Waals surface area contributed by atoms with Gasteiger partial charge in [-0.1, -0.05) is 12.1 Å². The molecule has 0 radical (unpaired) electrons. The molecule has 1 amide bonds. The first kappa shape index (κ1) is 22.3. The van der Waals surface area contributed by atoms with Gasteiger partial charge in [0.05, 0.1) is 24.2 Å². The molecule has 7 nitrogen and oxygen atoms in total. The van der Waals surface area contributed by atoms with Gasteiger partial charge in [-0.25, -0.2) is 13.1 Å². The van der Waals surface area contributed by atoms with Crippen LogP contribution in [-0.2, 0) is 14.8 Å². The normalized spacial score (nSPS) is 16.6. The molecule has 3 rings (SSSR count). The molecule has 2 aromatic carbocycles. The number of ether oxygens (including phenoxy) is 2. The molecule has 0 aromatic heterocycles. The maximum atomic E-state index is 13.1. The van der Waals surface area contributed by atoms with Crippen LogP contribution in [0.1, 0.15) is 41.7 Å². The van der Waals surface area contributed by atoms with E-state index in [1.54, 1.807) is 12.1 Å². The third kappa shape index (κ3) is 5.19. The van der Waals surface area contributed by atoms with E-state index in [0.29, 0.717) is 18.7 Å². The van der Waals surface area contributed by atoms with Crippen molar-refractivity contribution >= 4 is 15.9 Å². The van der Waals surface area contributed by atoms with Crippen molar-refractivity contribution in [1.29, 1.82) is 0 Å². The largest absolute Gasteiger partial charge is 0.494 e. The number of sulfonamides is 1. The Bertz CT molecular complexity index is 942.